The third-order valence-electron chi connectivity index (χ3n) is 6.05. The van der Waals surface area contributed by atoms with E-state index in [1.54, 1.807) is 5.01 Å². The van der Waals surface area contributed by atoms with Gasteiger partial charge in [0.1, 0.15) is 0 Å². The largest absolute Gasteiger partial charge is 0.332 e. The van der Waals surface area contributed by atoms with Gasteiger partial charge >= 0.3 is 0 Å². The summed E-state index contributed by atoms with van der Waals surface area (Å²) in [6.45, 7) is 1.24. The van der Waals surface area contributed by atoms with E-state index < -0.39 is 0 Å². The molecule has 0 aromatic heterocycles. The maximum absolute atomic E-state index is 12.8. The zero-order chi connectivity index (χ0) is 18.8. The van der Waals surface area contributed by atoms with Crippen LogP contribution >= 0.6 is 15.9 Å². The summed E-state index contributed by atoms with van der Waals surface area (Å²) in [6.07, 6.45) is 8.12. The van der Waals surface area contributed by atoms with Crippen molar-refractivity contribution in [2.45, 2.75) is 57.4 Å². The van der Waals surface area contributed by atoms with Gasteiger partial charge in [-0.15, -0.1) is 0 Å². The third kappa shape index (κ3) is 4.10. The molecule has 1 atom stereocenters. The van der Waals surface area contributed by atoms with Gasteiger partial charge in [-0.05, 0) is 30.9 Å². The first-order valence-corrected chi connectivity index (χ1v) is 10.9. The van der Waals surface area contributed by atoms with Crippen LogP contribution in [0.1, 0.15) is 56.9 Å². The van der Waals surface area contributed by atoms with Crippen LogP contribution in [0.4, 0.5) is 0 Å². The van der Waals surface area contributed by atoms with Crippen molar-refractivity contribution in [3.63, 3.8) is 0 Å². The Morgan fingerprint density at radius 1 is 1.15 bits per heavy atom. The Morgan fingerprint density at radius 2 is 1.89 bits per heavy atom. The molecule has 2 amide bonds. The molecule has 0 radical (unpaired) electrons. The summed E-state index contributed by atoms with van der Waals surface area (Å²) in [5, 5.41) is 6.30. The first kappa shape index (κ1) is 18.7. The smallest absolute Gasteiger partial charge is 0.242 e. The van der Waals surface area contributed by atoms with Crippen molar-refractivity contribution < 1.29 is 9.59 Å². The van der Waals surface area contributed by atoms with E-state index in [9.17, 15) is 9.59 Å². The van der Waals surface area contributed by atoms with Crippen LogP contribution in [0.25, 0.3) is 0 Å². The number of hydrazone groups is 1. The quantitative estimate of drug-likeness (QED) is 0.708. The van der Waals surface area contributed by atoms with Gasteiger partial charge in [-0.2, -0.15) is 5.10 Å². The summed E-state index contributed by atoms with van der Waals surface area (Å²) < 4.78 is 1.00. The Labute approximate surface area is 168 Å². The molecule has 0 spiro atoms. The molecule has 1 aromatic carbocycles. The summed E-state index contributed by atoms with van der Waals surface area (Å²) in [4.78, 5) is 27.0. The summed E-state index contributed by atoms with van der Waals surface area (Å²) in [5.74, 6) is 0.957. The fourth-order valence-electron chi connectivity index (χ4n) is 4.52. The van der Waals surface area contributed by atoms with Crippen LogP contribution in [0.5, 0.6) is 0 Å². The Hall–Kier alpha value is -1.69. The number of rotatable bonds is 5. The normalized spacial score (nSPS) is 23.4. The van der Waals surface area contributed by atoms with E-state index in [0.29, 0.717) is 25.3 Å². The van der Waals surface area contributed by atoms with Crippen LogP contribution in [-0.2, 0) is 9.59 Å². The molecule has 2 aliphatic heterocycles. The fraction of sp³-hybridized carbons (Fsp3) is 0.571. The zero-order valence-corrected chi connectivity index (χ0v) is 17.2. The predicted octanol–water partition coefficient (Wildman–Crippen LogP) is 3.96. The molecule has 1 saturated carbocycles. The molecule has 6 heteroatoms. The Morgan fingerprint density at radius 3 is 2.56 bits per heavy atom. The van der Waals surface area contributed by atoms with Gasteiger partial charge in [0.2, 0.25) is 11.8 Å². The number of carbonyl (C=O) groups excluding carboxylic acids is 2. The summed E-state index contributed by atoms with van der Waals surface area (Å²) in [5.41, 5.74) is 1.82. The van der Waals surface area contributed by atoms with Gasteiger partial charge in [0, 0.05) is 29.4 Å². The highest BCUT2D eigenvalue weighted by Gasteiger charge is 2.38. The average Bonchev–Trinajstić information content (AvgIpc) is 3.41. The van der Waals surface area contributed by atoms with Gasteiger partial charge in [0.05, 0.1) is 18.3 Å². The summed E-state index contributed by atoms with van der Waals surface area (Å²) >= 11 is 3.46. The second-order valence-electron chi connectivity index (χ2n) is 7.86. The van der Waals surface area contributed by atoms with Crippen LogP contribution < -0.4 is 0 Å². The second-order valence-corrected chi connectivity index (χ2v) is 8.78. The number of hydrogen-bond acceptors (Lipinski definition) is 3. The zero-order valence-electron chi connectivity index (χ0n) is 15.6. The molecule has 0 N–H and O–H groups in total. The van der Waals surface area contributed by atoms with Gasteiger partial charge < -0.3 is 4.90 Å². The highest BCUT2D eigenvalue weighted by atomic mass is 79.9. The first-order chi connectivity index (χ1) is 13.1. The van der Waals surface area contributed by atoms with Gasteiger partial charge in [-0.3, -0.25) is 9.59 Å². The number of benzene rings is 1. The van der Waals surface area contributed by atoms with E-state index in [1.165, 1.54) is 25.7 Å². The molecule has 4 rings (SSSR count). The van der Waals surface area contributed by atoms with Crippen molar-refractivity contribution in [1.82, 2.24) is 9.91 Å². The minimum Gasteiger partial charge on any atom is -0.332 e. The maximum atomic E-state index is 12.8. The van der Waals surface area contributed by atoms with E-state index in [4.69, 9.17) is 0 Å². The molecule has 1 aliphatic carbocycles. The Bertz CT molecular complexity index is 740. The van der Waals surface area contributed by atoms with Crippen LogP contribution in [0.15, 0.2) is 33.8 Å². The third-order valence-corrected chi connectivity index (χ3v) is 6.57. The summed E-state index contributed by atoms with van der Waals surface area (Å²) in [7, 11) is 0. The van der Waals surface area contributed by atoms with Crippen molar-refractivity contribution in [2.24, 2.45) is 11.0 Å². The molecule has 3 aliphatic rings. The van der Waals surface area contributed by atoms with Crippen LogP contribution in [0, 0.1) is 5.92 Å². The molecule has 1 aromatic rings. The number of nitrogens with zero attached hydrogens (tertiary/aromatic N) is 3. The van der Waals surface area contributed by atoms with E-state index in [1.807, 2.05) is 29.2 Å². The standard InChI is InChI=1S/C21H26BrN3O2/c22-17-10-8-16(9-11-17)21-18(24-13-3-6-19(24)26)14-25(23-21)20(27)12-7-15-4-1-2-5-15/h8-11,15,18H,1-7,12-14H2. The lowest BCUT2D eigenvalue weighted by Gasteiger charge is -2.25. The molecular formula is C21H26BrN3O2. The average molecular weight is 432 g/mol. The van der Waals surface area contributed by atoms with Crippen LogP contribution in [0.3, 0.4) is 0 Å². The highest BCUT2D eigenvalue weighted by Crippen LogP contribution is 2.30. The molecule has 1 unspecified atom stereocenters. The highest BCUT2D eigenvalue weighted by molar-refractivity contribution is 9.10. The molecule has 27 heavy (non-hydrogen) atoms. The molecule has 2 fully saturated rings. The number of hydrogen-bond donors (Lipinski definition) is 0. The molecular weight excluding hydrogens is 406 g/mol. The lowest BCUT2D eigenvalue weighted by atomic mass is 10.0. The van der Waals surface area contributed by atoms with Gasteiger partial charge in [0.25, 0.3) is 0 Å². The van der Waals surface area contributed by atoms with E-state index in [2.05, 4.69) is 21.0 Å². The monoisotopic (exact) mass is 431 g/mol. The molecule has 144 valence electrons. The minimum absolute atomic E-state index is 0.0886. The van der Waals surface area contributed by atoms with Gasteiger partial charge in [0.15, 0.2) is 0 Å². The lowest BCUT2D eigenvalue weighted by Crippen LogP contribution is -2.44. The topological polar surface area (TPSA) is 53.0 Å². The maximum Gasteiger partial charge on any atom is 0.242 e. The summed E-state index contributed by atoms with van der Waals surface area (Å²) in [6, 6.07) is 7.83. The Balaban J connectivity index is 1.51. The minimum atomic E-state index is -0.128. The van der Waals surface area contributed by atoms with E-state index in [-0.39, 0.29) is 17.9 Å². The van der Waals surface area contributed by atoms with Crippen molar-refractivity contribution in [1.29, 1.82) is 0 Å². The second kappa shape index (κ2) is 8.13. The van der Waals surface area contributed by atoms with Crippen molar-refractivity contribution in [2.75, 3.05) is 13.1 Å². The van der Waals surface area contributed by atoms with Gasteiger partial charge in [-0.25, -0.2) is 5.01 Å². The number of likely N-dealkylation sites (tertiary alicyclic amines) is 1. The molecule has 2 heterocycles. The van der Waals surface area contributed by atoms with Gasteiger partial charge in [-0.1, -0.05) is 53.7 Å². The number of carbonyl (C=O) groups is 2. The number of halogens is 1. The fourth-order valence-corrected chi connectivity index (χ4v) is 4.78. The first-order valence-electron chi connectivity index (χ1n) is 10.1. The van der Waals surface area contributed by atoms with Crippen LogP contribution in [0.2, 0.25) is 0 Å². The molecule has 1 saturated heterocycles. The van der Waals surface area contributed by atoms with Crippen molar-refractivity contribution in [3.05, 3.63) is 34.3 Å². The van der Waals surface area contributed by atoms with E-state index >= 15 is 0 Å². The van der Waals surface area contributed by atoms with Crippen molar-refractivity contribution >= 4 is 33.5 Å². The van der Waals surface area contributed by atoms with Crippen molar-refractivity contribution in [3.8, 4) is 0 Å². The predicted molar refractivity (Wildman–Crippen MR) is 108 cm³/mol. The Kier molecular flexibility index (Phi) is 5.62. The molecule has 5 nitrogen and oxygen atoms in total. The lowest BCUT2D eigenvalue weighted by molar-refractivity contribution is -0.133. The molecule has 0 bridgehead atoms. The van der Waals surface area contributed by atoms with Crippen LogP contribution in [-0.4, -0.2) is 46.6 Å². The number of amides is 2. The SMILES string of the molecule is O=C(CCC1CCCC1)N1CC(N2CCCC2=O)C(c2ccc(Br)cc2)=N1. The van der Waals surface area contributed by atoms with E-state index in [0.717, 1.165) is 35.1 Å².